The van der Waals surface area contributed by atoms with E-state index in [4.69, 9.17) is 4.74 Å². The summed E-state index contributed by atoms with van der Waals surface area (Å²) >= 11 is 1.10. The molecular formula is C12H23N3O2S. The van der Waals surface area contributed by atoms with Gasteiger partial charge < -0.3 is 15.2 Å². The zero-order valence-corrected chi connectivity index (χ0v) is 11.9. The highest BCUT2D eigenvalue weighted by Crippen LogP contribution is 2.06. The van der Waals surface area contributed by atoms with Crippen LogP contribution in [0.1, 0.15) is 33.1 Å². The molecule has 0 saturated heterocycles. The Balaban J connectivity index is 1.92. The number of aliphatic hydroxyl groups is 1. The number of aliphatic hydroxyl groups excluding tert-OH is 1. The molecule has 1 heterocycles. The molecule has 0 amide bonds. The van der Waals surface area contributed by atoms with Crippen molar-refractivity contribution in [3.8, 4) is 5.88 Å². The van der Waals surface area contributed by atoms with Crippen molar-refractivity contribution in [1.82, 2.24) is 14.1 Å². The van der Waals surface area contributed by atoms with E-state index in [1.54, 1.807) is 6.20 Å². The van der Waals surface area contributed by atoms with Gasteiger partial charge in [0.2, 0.25) is 5.88 Å². The Labute approximate surface area is 113 Å². The van der Waals surface area contributed by atoms with Gasteiger partial charge in [-0.2, -0.15) is 4.37 Å². The number of hydrogen-bond acceptors (Lipinski definition) is 6. The molecule has 2 N–H and O–H groups in total. The first kappa shape index (κ1) is 15.3. The quantitative estimate of drug-likeness (QED) is 0.635. The Morgan fingerprint density at radius 3 is 2.94 bits per heavy atom. The van der Waals surface area contributed by atoms with E-state index >= 15 is 0 Å². The Morgan fingerprint density at radius 2 is 2.28 bits per heavy atom. The summed E-state index contributed by atoms with van der Waals surface area (Å²) in [6.07, 6.45) is 4.71. The molecule has 6 heteroatoms. The van der Waals surface area contributed by atoms with Crippen LogP contribution in [0, 0.1) is 5.92 Å². The van der Waals surface area contributed by atoms with Crippen LogP contribution in [0.4, 0.5) is 0 Å². The van der Waals surface area contributed by atoms with Crippen LogP contribution in [-0.4, -0.2) is 39.7 Å². The minimum atomic E-state index is -0.503. The van der Waals surface area contributed by atoms with Crippen LogP contribution >= 0.6 is 11.7 Å². The molecule has 104 valence electrons. The minimum Gasteiger partial charge on any atom is -0.473 e. The summed E-state index contributed by atoms with van der Waals surface area (Å²) in [5.74, 6) is 1.26. The second-order valence-corrected chi connectivity index (χ2v) is 5.36. The molecule has 0 fully saturated rings. The van der Waals surface area contributed by atoms with Gasteiger partial charge in [-0.15, -0.1) is 4.37 Å². The molecule has 0 bridgehead atoms. The van der Waals surface area contributed by atoms with Crippen LogP contribution in [0.2, 0.25) is 0 Å². The third-order valence-electron chi connectivity index (χ3n) is 2.53. The van der Waals surface area contributed by atoms with Gasteiger partial charge in [-0.1, -0.05) is 26.7 Å². The van der Waals surface area contributed by atoms with E-state index in [2.05, 4.69) is 27.9 Å². The summed E-state index contributed by atoms with van der Waals surface area (Å²) in [6.45, 7) is 6.23. The number of hydrogen-bond donors (Lipinski definition) is 2. The highest BCUT2D eigenvalue weighted by Gasteiger charge is 2.05. The Hall–Kier alpha value is -0.720. The summed E-state index contributed by atoms with van der Waals surface area (Å²) in [6, 6.07) is 0. The topological polar surface area (TPSA) is 67.3 Å². The van der Waals surface area contributed by atoms with Crippen molar-refractivity contribution in [2.24, 2.45) is 5.92 Å². The second kappa shape index (κ2) is 9.24. The van der Waals surface area contributed by atoms with Crippen LogP contribution in [-0.2, 0) is 0 Å². The fraction of sp³-hybridized carbons (Fsp3) is 0.833. The lowest BCUT2D eigenvalue weighted by molar-refractivity contribution is 0.104. The lowest BCUT2D eigenvalue weighted by atomic mass is 10.1. The Morgan fingerprint density at radius 1 is 1.44 bits per heavy atom. The molecule has 18 heavy (non-hydrogen) atoms. The van der Waals surface area contributed by atoms with Crippen LogP contribution in [0.3, 0.4) is 0 Å². The van der Waals surface area contributed by atoms with Crippen molar-refractivity contribution in [3.05, 3.63) is 6.20 Å². The van der Waals surface area contributed by atoms with Crippen molar-refractivity contribution in [2.45, 2.75) is 39.2 Å². The lowest BCUT2D eigenvalue weighted by Crippen LogP contribution is -2.32. The minimum absolute atomic E-state index is 0.254. The molecule has 1 aromatic heterocycles. The number of nitrogens with zero attached hydrogens (tertiary/aromatic N) is 2. The van der Waals surface area contributed by atoms with Crippen molar-refractivity contribution < 1.29 is 9.84 Å². The SMILES string of the molecule is CC(C)CCCCNCC(O)COc1cnsn1. The predicted octanol–water partition coefficient (Wildman–Crippen LogP) is 1.69. The van der Waals surface area contributed by atoms with Gasteiger partial charge in [-0.25, -0.2) is 0 Å². The first-order valence-electron chi connectivity index (χ1n) is 6.47. The summed E-state index contributed by atoms with van der Waals surface area (Å²) in [4.78, 5) is 0. The number of ether oxygens (including phenoxy) is 1. The third-order valence-corrected chi connectivity index (χ3v) is 2.99. The van der Waals surface area contributed by atoms with Gasteiger partial charge in [0.15, 0.2) is 0 Å². The fourth-order valence-corrected chi connectivity index (χ4v) is 1.90. The molecule has 1 rings (SSSR count). The van der Waals surface area contributed by atoms with Crippen LogP contribution < -0.4 is 10.1 Å². The Kier molecular flexibility index (Phi) is 7.88. The predicted molar refractivity (Wildman–Crippen MR) is 73.0 cm³/mol. The summed E-state index contributed by atoms with van der Waals surface area (Å²) in [5.41, 5.74) is 0. The average Bonchev–Trinajstić information content (AvgIpc) is 2.83. The van der Waals surface area contributed by atoms with Gasteiger partial charge in [0, 0.05) is 6.54 Å². The van der Waals surface area contributed by atoms with E-state index < -0.39 is 6.10 Å². The molecule has 1 aromatic rings. The molecular weight excluding hydrogens is 250 g/mol. The molecule has 0 spiro atoms. The zero-order valence-electron chi connectivity index (χ0n) is 11.1. The van der Waals surface area contributed by atoms with E-state index in [-0.39, 0.29) is 6.61 Å². The number of rotatable bonds is 10. The highest BCUT2D eigenvalue weighted by atomic mass is 32.1. The van der Waals surface area contributed by atoms with Gasteiger partial charge in [-0.05, 0) is 18.9 Å². The first-order chi connectivity index (χ1) is 8.68. The molecule has 0 aliphatic heterocycles. The maximum Gasteiger partial charge on any atom is 0.245 e. The first-order valence-corrected chi connectivity index (χ1v) is 7.20. The van der Waals surface area contributed by atoms with E-state index in [1.165, 1.54) is 12.8 Å². The van der Waals surface area contributed by atoms with Gasteiger partial charge >= 0.3 is 0 Å². The zero-order chi connectivity index (χ0) is 13.2. The normalized spacial score (nSPS) is 12.9. The molecule has 0 saturated carbocycles. The number of nitrogens with one attached hydrogen (secondary N) is 1. The van der Waals surface area contributed by atoms with E-state index in [0.717, 1.165) is 30.6 Å². The molecule has 1 unspecified atom stereocenters. The number of aromatic nitrogens is 2. The summed E-state index contributed by atoms with van der Waals surface area (Å²) in [7, 11) is 0. The molecule has 0 aliphatic carbocycles. The van der Waals surface area contributed by atoms with Gasteiger partial charge in [-0.3, -0.25) is 0 Å². The van der Waals surface area contributed by atoms with Crippen LogP contribution in [0.15, 0.2) is 6.20 Å². The maximum atomic E-state index is 9.66. The van der Waals surface area contributed by atoms with E-state index in [0.29, 0.717) is 12.4 Å². The second-order valence-electron chi connectivity index (χ2n) is 4.80. The third kappa shape index (κ3) is 7.58. The van der Waals surface area contributed by atoms with Crippen molar-refractivity contribution in [1.29, 1.82) is 0 Å². The average molecular weight is 273 g/mol. The number of unbranched alkanes of at least 4 members (excludes halogenated alkanes) is 1. The fourth-order valence-electron chi connectivity index (χ4n) is 1.53. The smallest absolute Gasteiger partial charge is 0.245 e. The monoisotopic (exact) mass is 273 g/mol. The van der Waals surface area contributed by atoms with Crippen LogP contribution in [0.25, 0.3) is 0 Å². The van der Waals surface area contributed by atoms with Crippen molar-refractivity contribution in [3.63, 3.8) is 0 Å². The summed E-state index contributed by atoms with van der Waals surface area (Å²) < 4.78 is 13.0. The molecule has 0 aliphatic rings. The molecule has 0 radical (unpaired) electrons. The largest absolute Gasteiger partial charge is 0.473 e. The molecule has 1 atom stereocenters. The lowest BCUT2D eigenvalue weighted by Gasteiger charge is -2.12. The van der Waals surface area contributed by atoms with E-state index in [9.17, 15) is 5.11 Å². The van der Waals surface area contributed by atoms with Crippen LogP contribution in [0.5, 0.6) is 5.88 Å². The Bertz CT molecular complexity index is 294. The van der Waals surface area contributed by atoms with Gasteiger partial charge in [0.1, 0.15) is 18.9 Å². The van der Waals surface area contributed by atoms with E-state index in [1.807, 2.05) is 0 Å². The van der Waals surface area contributed by atoms with Gasteiger partial charge in [0.05, 0.1) is 11.7 Å². The van der Waals surface area contributed by atoms with Crippen molar-refractivity contribution >= 4 is 11.7 Å². The highest BCUT2D eigenvalue weighted by molar-refractivity contribution is 6.99. The summed E-state index contributed by atoms with van der Waals surface area (Å²) in [5, 5.41) is 12.9. The van der Waals surface area contributed by atoms with Crippen molar-refractivity contribution in [2.75, 3.05) is 19.7 Å². The maximum absolute atomic E-state index is 9.66. The molecule has 0 aromatic carbocycles. The molecule has 5 nitrogen and oxygen atoms in total. The van der Waals surface area contributed by atoms with Gasteiger partial charge in [0.25, 0.3) is 0 Å². The standard InChI is InChI=1S/C12H23N3O2S/c1-10(2)5-3-4-6-13-7-11(16)9-17-12-8-14-18-15-12/h8,10-11,13,16H,3-7,9H2,1-2H3.